The van der Waals surface area contributed by atoms with Gasteiger partial charge in [0.05, 0.1) is 11.7 Å². The second-order valence-electron chi connectivity index (χ2n) is 7.04. The third-order valence-corrected chi connectivity index (χ3v) is 5.56. The molecular formula is C19H24N4O2. The lowest BCUT2D eigenvalue weighted by Gasteiger charge is -2.38. The van der Waals surface area contributed by atoms with E-state index in [1.54, 1.807) is 10.7 Å². The van der Waals surface area contributed by atoms with Gasteiger partial charge in [-0.25, -0.2) is 0 Å². The van der Waals surface area contributed by atoms with E-state index in [0.29, 0.717) is 10.9 Å². The van der Waals surface area contributed by atoms with Gasteiger partial charge in [0.25, 0.3) is 0 Å². The molecule has 0 atom stereocenters. The van der Waals surface area contributed by atoms with Gasteiger partial charge in [-0.1, -0.05) is 25.0 Å². The molecule has 6 heteroatoms. The third kappa shape index (κ3) is 3.31. The number of para-hydroxylation sites is 1. The van der Waals surface area contributed by atoms with Crippen molar-refractivity contribution in [1.29, 1.82) is 0 Å². The molecule has 2 heterocycles. The molecule has 1 aliphatic carbocycles. The molecule has 0 spiro atoms. The SMILES string of the molecule is O=C(Cn1ncc(=O)c2ccccc21)N1CCN(C2CCCC2)CC1. The quantitative estimate of drug-likeness (QED) is 0.849. The molecule has 1 saturated heterocycles. The monoisotopic (exact) mass is 340 g/mol. The number of rotatable bonds is 3. The van der Waals surface area contributed by atoms with Crippen LogP contribution in [-0.2, 0) is 11.3 Å². The zero-order chi connectivity index (χ0) is 17.2. The lowest BCUT2D eigenvalue weighted by molar-refractivity contribution is -0.134. The average Bonchev–Trinajstić information content (AvgIpc) is 3.19. The number of carbonyl (C=O) groups is 1. The third-order valence-electron chi connectivity index (χ3n) is 5.56. The smallest absolute Gasteiger partial charge is 0.244 e. The predicted molar refractivity (Wildman–Crippen MR) is 96.4 cm³/mol. The molecule has 1 amide bonds. The van der Waals surface area contributed by atoms with Crippen molar-refractivity contribution < 1.29 is 4.79 Å². The maximum atomic E-state index is 12.7. The highest BCUT2D eigenvalue weighted by Crippen LogP contribution is 2.24. The summed E-state index contributed by atoms with van der Waals surface area (Å²) in [6.07, 6.45) is 6.60. The predicted octanol–water partition coefficient (Wildman–Crippen LogP) is 1.48. The first-order valence-electron chi connectivity index (χ1n) is 9.19. The van der Waals surface area contributed by atoms with E-state index in [4.69, 9.17) is 0 Å². The van der Waals surface area contributed by atoms with E-state index in [1.165, 1.54) is 31.9 Å². The number of hydrogen-bond acceptors (Lipinski definition) is 4. The lowest BCUT2D eigenvalue weighted by atomic mass is 10.2. The highest BCUT2D eigenvalue weighted by Gasteiger charge is 2.27. The summed E-state index contributed by atoms with van der Waals surface area (Å²) in [7, 11) is 0. The zero-order valence-corrected chi connectivity index (χ0v) is 14.4. The van der Waals surface area contributed by atoms with Crippen LogP contribution in [0.15, 0.2) is 35.3 Å². The number of amides is 1. The summed E-state index contributed by atoms with van der Waals surface area (Å²) in [6.45, 7) is 3.69. The fourth-order valence-corrected chi connectivity index (χ4v) is 4.12. The summed E-state index contributed by atoms with van der Waals surface area (Å²) in [5.74, 6) is 0.0763. The highest BCUT2D eigenvalue weighted by atomic mass is 16.2. The van der Waals surface area contributed by atoms with E-state index in [2.05, 4.69) is 10.00 Å². The Bertz CT molecular complexity index is 818. The van der Waals surface area contributed by atoms with Crippen LogP contribution in [0.5, 0.6) is 0 Å². The Morgan fingerprint density at radius 1 is 1.08 bits per heavy atom. The number of benzene rings is 1. The maximum Gasteiger partial charge on any atom is 0.244 e. The van der Waals surface area contributed by atoms with Crippen LogP contribution < -0.4 is 5.43 Å². The standard InChI is InChI=1S/C19H24N4O2/c24-18-13-20-23(17-8-4-3-7-16(17)18)14-19(25)22-11-9-21(10-12-22)15-5-1-2-6-15/h3-4,7-8,13,15H,1-2,5-6,9-12,14H2. The summed E-state index contributed by atoms with van der Waals surface area (Å²) >= 11 is 0. The number of hydrogen-bond donors (Lipinski definition) is 0. The molecule has 1 saturated carbocycles. The van der Waals surface area contributed by atoms with Crippen LogP contribution in [0.1, 0.15) is 25.7 Å². The Balaban J connectivity index is 1.43. The summed E-state index contributed by atoms with van der Waals surface area (Å²) < 4.78 is 1.64. The molecular weight excluding hydrogens is 316 g/mol. The number of fused-ring (bicyclic) bond motifs is 1. The van der Waals surface area contributed by atoms with Gasteiger partial charge in [0.2, 0.25) is 11.3 Å². The van der Waals surface area contributed by atoms with Gasteiger partial charge in [-0.15, -0.1) is 0 Å². The molecule has 2 aliphatic rings. The van der Waals surface area contributed by atoms with E-state index >= 15 is 0 Å². The first kappa shape index (κ1) is 16.3. The maximum absolute atomic E-state index is 12.7. The van der Waals surface area contributed by atoms with E-state index in [0.717, 1.165) is 32.2 Å². The minimum Gasteiger partial charge on any atom is -0.339 e. The molecule has 1 aromatic heterocycles. The number of aromatic nitrogens is 2. The minimum absolute atomic E-state index is 0.0763. The van der Waals surface area contributed by atoms with Crippen LogP contribution in [0.2, 0.25) is 0 Å². The van der Waals surface area contributed by atoms with Gasteiger partial charge in [0.15, 0.2) is 0 Å². The molecule has 1 aliphatic heterocycles. The van der Waals surface area contributed by atoms with Crippen molar-refractivity contribution in [3.8, 4) is 0 Å². The largest absolute Gasteiger partial charge is 0.339 e. The van der Waals surface area contributed by atoms with Crippen LogP contribution in [-0.4, -0.2) is 57.7 Å². The van der Waals surface area contributed by atoms with Gasteiger partial charge in [0, 0.05) is 37.6 Å². The van der Waals surface area contributed by atoms with Crippen LogP contribution >= 0.6 is 0 Å². The Morgan fingerprint density at radius 3 is 2.56 bits per heavy atom. The van der Waals surface area contributed by atoms with Crippen molar-refractivity contribution in [2.45, 2.75) is 38.3 Å². The minimum atomic E-state index is -0.107. The van der Waals surface area contributed by atoms with E-state index < -0.39 is 0 Å². The van der Waals surface area contributed by atoms with Crippen molar-refractivity contribution in [1.82, 2.24) is 19.6 Å². The fourth-order valence-electron chi connectivity index (χ4n) is 4.12. The molecule has 132 valence electrons. The number of piperazine rings is 1. The van der Waals surface area contributed by atoms with Crippen LogP contribution in [0.4, 0.5) is 0 Å². The van der Waals surface area contributed by atoms with Crippen molar-refractivity contribution >= 4 is 16.8 Å². The van der Waals surface area contributed by atoms with Crippen LogP contribution in [0, 0.1) is 0 Å². The normalized spacial score (nSPS) is 19.6. The highest BCUT2D eigenvalue weighted by molar-refractivity contribution is 5.81. The van der Waals surface area contributed by atoms with Crippen LogP contribution in [0.25, 0.3) is 10.9 Å². The van der Waals surface area contributed by atoms with Gasteiger partial charge in [-0.2, -0.15) is 5.10 Å². The number of carbonyl (C=O) groups excluding carboxylic acids is 1. The van der Waals surface area contributed by atoms with Gasteiger partial charge in [0.1, 0.15) is 6.54 Å². The van der Waals surface area contributed by atoms with Gasteiger partial charge < -0.3 is 4.90 Å². The molecule has 0 bridgehead atoms. The van der Waals surface area contributed by atoms with Gasteiger partial charge >= 0.3 is 0 Å². The summed E-state index contributed by atoms with van der Waals surface area (Å²) in [6, 6.07) is 8.04. The van der Waals surface area contributed by atoms with E-state index in [-0.39, 0.29) is 17.9 Å². The fraction of sp³-hybridized carbons (Fsp3) is 0.526. The van der Waals surface area contributed by atoms with Crippen molar-refractivity contribution in [3.63, 3.8) is 0 Å². The Labute approximate surface area is 147 Å². The molecule has 0 radical (unpaired) electrons. The molecule has 25 heavy (non-hydrogen) atoms. The summed E-state index contributed by atoms with van der Waals surface area (Å²) in [4.78, 5) is 29.1. The number of nitrogens with zero attached hydrogens (tertiary/aromatic N) is 4. The molecule has 6 nitrogen and oxygen atoms in total. The molecule has 0 unspecified atom stereocenters. The van der Waals surface area contributed by atoms with Crippen molar-refractivity contribution in [2.24, 2.45) is 0 Å². The Hall–Kier alpha value is -2.21. The lowest BCUT2D eigenvalue weighted by Crippen LogP contribution is -2.52. The average molecular weight is 340 g/mol. The molecule has 1 aromatic carbocycles. The molecule has 2 aromatic rings. The first-order chi connectivity index (χ1) is 12.2. The summed E-state index contributed by atoms with van der Waals surface area (Å²) in [5, 5.41) is 4.77. The summed E-state index contributed by atoms with van der Waals surface area (Å²) in [5.41, 5.74) is 0.609. The van der Waals surface area contributed by atoms with Gasteiger partial charge in [-0.05, 0) is 25.0 Å². The molecule has 4 rings (SSSR count). The van der Waals surface area contributed by atoms with Crippen molar-refractivity contribution in [2.75, 3.05) is 26.2 Å². The van der Waals surface area contributed by atoms with E-state index in [1.807, 2.05) is 23.1 Å². The Morgan fingerprint density at radius 2 is 1.80 bits per heavy atom. The van der Waals surface area contributed by atoms with Crippen LogP contribution in [0.3, 0.4) is 0 Å². The first-order valence-corrected chi connectivity index (χ1v) is 9.19. The molecule has 0 N–H and O–H groups in total. The van der Waals surface area contributed by atoms with Gasteiger partial charge in [-0.3, -0.25) is 19.2 Å². The second kappa shape index (κ2) is 6.96. The van der Waals surface area contributed by atoms with E-state index in [9.17, 15) is 9.59 Å². The van der Waals surface area contributed by atoms with Crippen molar-refractivity contribution in [3.05, 3.63) is 40.7 Å². The molecule has 2 fully saturated rings. The zero-order valence-electron chi connectivity index (χ0n) is 14.4. The topological polar surface area (TPSA) is 58.4 Å². The Kier molecular flexibility index (Phi) is 4.53. The second-order valence-corrected chi connectivity index (χ2v) is 7.04.